The van der Waals surface area contributed by atoms with Crippen LogP contribution in [0, 0.1) is 0 Å². The second kappa shape index (κ2) is 8.69. The van der Waals surface area contributed by atoms with Gasteiger partial charge in [0.25, 0.3) is 0 Å². The fourth-order valence-corrected chi connectivity index (χ4v) is 1.62. The van der Waals surface area contributed by atoms with Crippen LogP contribution in [0.15, 0.2) is 12.5 Å². The molecule has 0 aliphatic heterocycles. The van der Waals surface area contributed by atoms with E-state index in [0.29, 0.717) is 5.69 Å². The SMILES string of the molecule is NCCC(=O)NCCC(=O)N[C@@H](Cc1cnc[nH]1)C(=O)O. The molecule has 0 aliphatic rings. The van der Waals surface area contributed by atoms with E-state index in [1.165, 1.54) is 12.5 Å². The second-order valence-electron chi connectivity index (χ2n) is 4.38. The Morgan fingerprint density at radius 1 is 1.33 bits per heavy atom. The Labute approximate surface area is 121 Å². The van der Waals surface area contributed by atoms with Gasteiger partial charge in [-0.15, -0.1) is 0 Å². The van der Waals surface area contributed by atoms with Crippen LogP contribution in [0.1, 0.15) is 18.5 Å². The molecule has 0 saturated heterocycles. The number of amides is 2. The van der Waals surface area contributed by atoms with Crippen molar-refractivity contribution in [2.24, 2.45) is 5.73 Å². The molecule has 0 unspecified atom stereocenters. The average Bonchev–Trinajstić information content (AvgIpc) is 2.91. The number of hydrogen-bond acceptors (Lipinski definition) is 5. The monoisotopic (exact) mass is 297 g/mol. The lowest BCUT2D eigenvalue weighted by atomic mass is 10.1. The number of aromatic amines is 1. The standard InChI is InChI=1S/C12H19N5O4/c13-3-1-10(18)15-4-2-11(19)17-9(12(20)21)5-8-6-14-7-16-8/h6-7,9H,1-5,13H2,(H,14,16)(H,15,18)(H,17,19)(H,20,21)/t9-/m0/s1. The Kier molecular flexibility index (Phi) is 6.88. The molecule has 0 aromatic carbocycles. The minimum Gasteiger partial charge on any atom is -0.480 e. The molecule has 1 atom stereocenters. The van der Waals surface area contributed by atoms with E-state index in [4.69, 9.17) is 10.8 Å². The highest BCUT2D eigenvalue weighted by atomic mass is 16.4. The number of hydrogen-bond donors (Lipinski definition) is 5. The Balaban J connectivity index is 2.35. The number of nitrogens with zero attached hydrogens (tertiary/aromatic N) is 1. The number of nitrogens with one attached hydrogen (secondary N) is 3. The summed E-state index contributed by atoms with van der Waals surface area (Å²) in [5.41, 5.74) is 5.82. The summed E-state index contributed by atoms with van der Waals surface area (Å²) in [6.45, 7) is 0.379. The number of rotatable bonds is 9. The van der Waals surface area contributed by atoms with Crippen LogP contribution in [0.25, 0.3) is 0 Å². The minimum atomic E-state index is -1.13. The summed E-state index contributed by atoms with van der Waals surface area (Å²) in [6, 6.07) is -1.04. The average molecular weight is 297 g/mol. The van der Waals surface area contributed by atoms with Crippen LogP contribution >= 0.6 is 0 Å². The van der Waals surface area contributed by atoms with Gasteiger partial charge in [0, 0.05) is 44.2 Å². The minimum absolute atomic E-state index is 0.00304. The van der Waals surface area contributed by atoms with E-state index in [1.807, 2.05) is 0 Å². The molecule has 1 aromatic rings. The maximum atomic E-state index is 11.6. The third-order valence-electron chi connectivity index (χ3n) is 2.66. The van der Waals surface area contributed by atoms with Crippen molar-refractivity contribution in [2.45, 2.75) is 25.3 Å². The molecule has 1 rings (SSSR count). The van der Waals surface area contributed by atoms with Crippen molar-refractivity contribution in [3.8, 4) is 0 Å². The van der Waals surface area contributed by atoms with Gasteiger partial charge in [-0.1, -0.05) is 0 Å². The summed E-state index contributed by atoms with van der Waals surface area (Å²) >= 11 is 0. The lowest BCUT2D eigenvalue weighted by Crippen LogP contribution is -2.43. The van der Waals surface area contributed by atoms with Crippen molar-refractivity contribution < 1.29 is 19.5 Å². The molecule has 0 aliphatic carbocycles. The van der Waals surface area contributed by atoms with Crippen molar-refractivity contribution in [3.05, 3.63) is 18.2 Å². The van der Waals surface area contributed by atoms with Crippen LogP contribution in [0.2, 0.25) is 0 Å². The van der Waals surface area contributed by atoms with Gasteiger partial charge in [0.2, 0.25) is 11.8 Å². The van der Waals surface area contributed by atoms with Crippen molar-refractivity contribution in [2.75, 3.05) is 13.1 Å². The molecule has 9 heteroatoms. The van der Waals surface area contributed by atoms with E-state index < -0.39 is 17.9 Å². The van der Waals surface area contributed by atoms with Gasteiger partial charge in [0.15, 0.2) is 0 Å². The first-order valence-corrected chi connectivity index (χ1v) is 6.49. The Hall–Kier alpha value is -2.42. The van der Waals surface area contributed by atoms with Gasteiger partial charge in [0.05, 0.1) is 6.33 Å². The largest absolute Gasteiger partial charge is 0.480 e. The van der Waals surface area contributed by atoms with Crippen LogP contribution < -0.4 is 16.4 Å². The smallest absolute Gasteiger partial charge is 0.326 e. The molecule has 9 nitrogen and oxygen atoms in total. The van der Waals surface area contributed by atoms with Crippen LogP contribution in [-0.2, 0) is 20.8 Å². The van der Waals surface area contributed by atoms with Gasteiger partial charge in [-0.05, 0) is 0 Å². The summed E-state index contributed by atoms with van der Waals surface area (Å²) in [4.78, 5) is 40.4. The fourth-order valence-electron chi connectivity index (χ4n) is 1.62. The van der Waals surface area contributed by atoms with Gasteiger partial charge in [-0.2, -0.15) is 0 Å². The van der Waals surface area contributed by atoms with E-state index in [-0.39, 0.29) is 38.3 Å². The van der Waals surface area contributed by atoms with Crippen molar-refractivity contribution in [1.29, 1.82) is 0 Å². The van der Waals surface area contributed by atoms with Gasteiger partial charge in [-0.3, -0.25) is 9.59 Å². The maximum Gasteiger partial charge on any atom is 0.326 e. The number of carbonyl (C=O) groups excluding carboxylic acids is 2. The highest BCUT2D eigenvalue weighted by Gasteiger charge is 2.20. The molecule has 2 amide bonds. The van der Waals surface area contributed by atoms with E-state index in [9.17, 15) is 14.4 Å². The highest BCUT2D eigenvalue weighted by Crippen LogP contribution is 1.99. The van der Waals surface area contributed by atoms with Crippen LogP contribution in [0.3, 0.4) is 0 Å². The predicted molar refractivity (Wildman–Crippen MR) is 73.2 cm³/mol. The Morgan fingerprint density at radius 2 is 2.10 bits per heavy atom. The fraction of sp³-hybridized carbons (Fsp3) is 0.500. The quantitative estimate of drug-likeness (QED) is 0.369. The number of carboxylic acid groups (broad SMARTS) is 1. The third kappa shape index (κ3) is 6.52. The number of carboxylic acids is 1. The highest BCUT2D eigenvalue weighted by molar-refractivity contribution is 5.84. The van der Waals surface area contributed by atoms with Gasteiger partial charge >= 0.3 is 5.97 Å². The second-order valence-corrected chi connectivity index (χ2v) is 4.38. The molecule has 1 heterocycles. The van der Waals surface area contributed by atoms with Crippen molar-refractivity contribution >= 4 is 17.8 Å². The number of imidazole rings is 1. The van der Waals surface area contributed by atoms with Gasteiger partial charge in [-0.25, -0.2) is 9.78 Å². The first-order chi connectivity index (χ1) is 10.0. The number of nitrogens with two attached hydrogens (primary N) is 1. The lowest BCUT2D eigenvalue weighted by Gasteiger charge is -2.13. The van der Waals surface area contributed by atoms with Crippen LogP contribution in [0.4, 0.5) is 0 Å². The lowest BCUT2D eigenvalue weighted by molar-refractivity contribution is -0.141. The van der Waals surface area contributed by atoms with Crippen molar-refractivity contribution in [1.82, 2.24) is 20.6 Å². The summed E-state index contributed by atoms with van der Waals surface area (Å²) < 4.78 is 0. The van der Waals surface area contributed by atoms with Crippen LogP contribution in [0.5, 0.6) is 0 Å². The Morgan fingerprint density at radius 3 is 2.67 bits per heavy atom. The zero-order valence-corrected chi connectivity index (χ0v) is 11.5. The first-order valence-electron chi connectivity index (χ1n) is 6.49. The summed E-state index contributed by atoms with van der Waals surface area (Å²) in [7, 11) is 0. The number of carbonyl (C=O) groups is 3. The first kappa shape index (κ1) is 16.6. The molecule has 0 radical (unpaired) electrons. The molecule has 6 N–H and O–H groups in total. The normalized spacial score (nSPS) is 11.7. The van der Waals surface area contributed by atoms with E-state index in [0.717, 1.165) is 0 Å². The molecule has 0 fully saturated rings. The van der Waals surface area contributed by atoms with Crippen LogP contribution in [-0.4, -0.2) is 52.0 Å². The number of aliphatic carboxylic acids is 1. The molecule has 0 spiro atoms. The van der Waals surface area contributed by atoms with Gasteiger partial charge in [0.1, 0.15) is 6.04 Å². The number of H-pyrrole nitrogens is 1. The topological polar surface area (TPSA) is 150 Å². The molecular weight excluding hydrogens is 278 g/mol. The number of aromatic nitrogens is 2. The molecule has 1 aromatic heterocycles. The van der Waals surface area contributed by atoms with Gasteiger partial charge < -0.3 is 26.5 Å². The predicted octanol–water partition coefficient (Wildman–Crippen LogP) is -1.62. The summed E-state index contributed by atoms with van der Waals surface area (Å²) in [5.74, 6) is -1.82. The molecule has 116 valence electrons. The van der Waals surface area contributed by atoms with E-state index in [1.54, 1.807) is 0 Å². The zero-order chi connectivity index (χ0) is 15.7. The molecular formula is C12H19N5O4. The zero-order valence-electron chi connectivity index (χ0n) is 11.5. The molecule has 0 saturated carbocycles. The maximum absolute atomic E-state index is 11.6. The molecule has 0 bridgehead atoms. The van der Waals surface area contributed by atoms with E-state index in [2.05, 4.69) is 20.6 Å². The third-order valence-corrected chi connectivity index (χ3v) is 2.66. The summed E-state index contributed by atoms with van der Waals surface area (Å²) in [6.07, 6.45) is 3.24. The van der Waals surface area contributed by atoms with E-state index >= 15 is 0 Å². The van der Waals surface area contributed by atoms with Crippen molar-refractivity contribution in [3.63, 3.8) is 0 Å². The Bertz CT molecular complexity index is 474. The summed E-state index contributed by atoms with van der Waals surface area (Å²) in [5, 5.41) is 14.0. The molecule has 21 heavy (non-hydrogen) atoms.